The number of sulfonamides is 1. The maximum absolute atomic E-state index is 11.9. The van der Waals surface area contributed by atoms with E-state index in [1.165, 1.54) is 51.2 Å². The smallest absolute Gasteiger partial charge is 0.247 e. The largest absolute Gasteiger partial charge is 0.497 e. The Morgan fingerprint density at radius 3 is 2.00 bits per heavy atom. The van der Waals surface area contributed by atoms with E-state index in [1.807, 2.05) is 12.1 Å². The Morgan fingerprint density at radius 2 is 1.46 bits per heavy atom. The van der Waals surface area contributed by atoms with Crippen LogP contribution in [-0.4, -0.2) is 27.5 Å². The molecule has 0 fully saturated rings. The van der Waals surface area contributed by atoms with Crippen LogP contribution in [-0.2, 0) is 10.0 Å². The van der Waals surface area contributed by atoms with E-state index in [0.29, 0.717) is 6.42 Å². The van der Waals surface area contributed by atoms with E-state index in [0.717, 1.165) is 24.2 Å². The van der Waals surface area contributed by atoms with Gasteiger partial charge in [0.2, 0.25) is 10.0 Å². The van der Waals surface area contributed by atoms with Crippen molar-refractivity contribution in [2.75, 3.05) is 12.9 Å². The molecule has 1 aromatic rings. The van der Waals surface area contributed by atoms with Crippen molar-refractivity contribution in [2.24, 2.45) is 5.10 Å². The molecule has 0 heterocycles. The number of nitrogens with zero attached hydrogens (tertiary/aromatic N) is 1. The summed E-state index contributed by atoms with van der Waals surface area (Å²) >= 11 is 0. The minimum Gasteiger partial charge on any atom is -0.497 e. The zero-order chi connectivity index (χ0) is 19.1. The Hall–Kier alpha value is -1.56. The van der Waals surface area contributed by atoms with Crippen molar-refractivity contribution >= 4 is 16.2 Å². The number of nitrogens with one attached hydrogen (secondary N) is 1. The summed E-state index contributed by atoms with van der Waals surface area (Å²) in [5.41, 5.74) is 0.812. The lowest BCUT2D eigenvalue weighted by molar-refractivity contribution is 0.415. The van der Waals surface area contributed by atoms with Gasteiger partial charge in [0.1, 0.15) is 5.75 Å². The van der Waals surface area contributed by atoms with Crippen LogP contribution in [0.3, 0.4) is 0 Å². The maximum atomic E-state index is 11.9. The van der Waals surface area contributed by atoms with Crippen LogP contribution in [0.2, 0.25) is 0 Å². The summed E-state index contributed by atoms with van der Waals surface area (Å²) < 4.78 is 28.9. The molecule has 0 saturated heterocycles. The van der Waals surface area contributed by atoms with Crippen LogP contribution in [0.25, 0.3) is 0 Å². The molecule has 0 aliphatic heterocycles. The Bertz CT molecular complexity index is 598. The van der Waals surface area contributed by atoms with Gasteiger partial charge in [0, 0.05) is 0 Å². The van der Waals surface area contributed by atoms with Crippen molar-refractivity contribution in [3.05, 3.63) is 29.8 Å². The van der Waals surface area contributed by atoms with Gasteiger partial charge in [-0.15, -0.1) is 0 Å². The van der Waals surface area contributed by atoms with Crippen LogP contribution >= 0.6 is 0 Å². The zero-order valence-electron chi connectivity index (χ0n) is 16.2. The third-order valence-electron chi connectivity index (χ3n) is 4.29. The molecule has 5 nitrogen and oxygen atoms in total. The molecule has 1 rings (SSSR count). The number of methoxy groups -OCH3 is 1. The van der Waals surface area contributed by atoms with Crippen LogP contribution < -0.4 is 9.57 Å². The molecular weight excluding hydrogens is 348 g/mol. The first-order chi connectivity index (χ1) is 12.6. The molecule has 26 heavy (non-hydrogen) atoms. The van der Waals surface area contributed by atoms with Crippen molar-refractivity contribution in [1.82, 2.24) is 4.83 Å². The van der Waals surface area contributed by atoms with Crippen molar-refractivity contribution in [3.63, 3.8) is 0 Å². The number of ether oxygens (including phenoxy) is 1. The fraction of sp³-hybridized carbons (Fsp3) is 0.650. The van der Waals surface area contributed by atoms with Gasteiger partial charge in [0.15, 0.2) is 0 Å². The highest BCUT2D eigenvalue weighted by Crippen LogP contribution is 2.11. The van der Waals surface area contributed by atoms with Gasteiger partial charge in [-0.1, -0.05) is 64.7 Å². The van der Waals surface area contributed by atoms with Crippen LogP contribution in [0.15, 0.2) is 29.4 Å². The first kappa shape index (κ1) is 22.5. The topological polar surface area (TPSA) is 67.8 Å². The third-order valence-corrected chi connectivity index (χ3v) is 5.50. The lowest BCUT2D eigenvalue weighted by Gasteiger charge is -2.04. The summed E-state index contributed by atoms with van der Waals surface area (Å²) in [7, 11) is -1.74. The molecule has 0 aliphatic carbocycles. The molecule has 0 unspecified atom stereocenters. The summed E-state index contributed by atoms with van der Waals surface area (Å²) in [6.07, 6.45) is 13.3. The average Bonchev–Trinajstić information content (AvgIpc) is 2.63. The highest BCUT2D eigenvalue weighted by Gasteiger charge is 2.07. The van der Waals surface area contributed by atoms with Crippen LogP contribution in [0, 0.1) is 0 Å². The number of unbranched alkanes of at least 4 members (excludes halogenated alkanes) is 9. The van der Waals surface area contributed by atoms with Gasteiger partial charge in [-0.25, -0.2) is 13.2 Å². The van der Waals surface area contributed by atoms with Crippen LogP contribution in [0.4, 0.5) is 0 Å². The first-order valence-electron chi connectivity index (χ1n) is 9.74. The molecule has 0 saturated carbocycles. The minimum atomic E-state index is -3.34. The predicted molar refractivity (Wildman–Crippen MR) is 109 cm³/mol. The number of benzene rings is 1. The second-order valence-corrected chi connectivity index (χ2v) is 8.44. The van der Waals surface area contributed by atoms with Gasteiger partial charge in [0.25, 0.3) is 0 Å². The van der Waals surface area contributed by atoms with Gasteiger partial charge >= 0.3 is 0 Å². The van der Waals surface area contributed by atoms with E-state index in [2.05, 4.69) is 16.9 Å². The van der Waals surface area contributed by atoms with E-state index in [1.54, 1.807) is 19.2 Å². The highest BCUT2D eigenvalue weighted by molar-refractivity contribution is 7.89. The number of hydrazone groups is 1. The van der Waals surface area contributed by atoms with Crippen molar-refractivity contribution in [1.29, 1.82) is 0 Å². The molecule has 0 aliphatic rings. The Kier molecular flexibility index (Phi) is 11.8. The van der Waals surface area contributed by atoms with Gasteiger partial charge in [-0.3, -0.25) is 0 Å². The molecule has 0 aromatic heterocycles. The molecule has 0 amide bonds. The molecular formula is C20H34N2O3S. The number of hydrogen-bond donors (Lipinski definition) is 1. The molecule has 1 N–H and O–H groups in total. The SMILES string of the molecule is CCCCCCCCCCCCS(=O)(=O)NN=Cc1ccc(OC)cc1. The van der Waals surface area contributed by atoms with Crippen molar-refractivity contribution < 1.29 is 13.2 Å². The van der Waals surface area contributed by atoms with Crippen molar-refractivity contribution in [3.8, 4) is 5.75 Å². The Morgan fingerprint density at radius 1 is 0.923 bits per heavy atom. The molecule has 0 spiro atoms. The van der Waals surface area contributed by atoms with E-state index in [4.69, 9.17) is 4.74 Å². The highest BCUT2D eigenvalue weighted by atomic mass is 32.2. The van der Waals surface area contributed by atoms with Gasteiger partial charge in [0.05, 0.1) is 19.1 Å². The fourth-order valence-corrected chi connectivity index (χ4v) is 3.59. The second kappa shape index (κ2) is 13.6. The van der Waals surface area contributed by atoms with E-state index >= 15 is 0 Å². The summed E-state index contributed by atoms with van der Waals surface area (Å²) in [5, 5.41) is 3.83. The first-order valence-corrected chi connectivity index (χ1v) is 11.4. The molecule has 1 aromatic carbocycles. The van der Waals surface area contributed by atoms with E-state index in [-0.39, 0.29) is 5.75 Å². The fourth-order valence-electron chi connectivity index (χ4n) is 2.70. The Labute approximate surface area is 159 Å². The lowest BCUT2D eigenvalue weighted by atomic mass is 10.1. The molecule has 0 atom stereocenters. The van der Waals surface area contributed by atoms with Gasteiger partial charge in [-0.05, 0) is 36.2 Å². The van der Waals surface area contributed by atoms with E-state index in [9.17, 15) is 8.42 Å². The van der Waals surface area contributed by atoms with Gasteiger partial charge in [-0.2, -0.15) is 5.10 Å². The maximum Gasteiger partial charge on any atom is 0.247 e. The van der Waals surface area contributed by atoms with Crippen LogP contribution in [0.1, 0.15) is 76.7 Å². The minimum absolute atomic E-state index is 0.128. The van der Waals surface area contributed by atoms with Crippen molar-refractivity contribution in [2.45, 2.75) is 71.1 Å². The summed E-state index contributed by atoms with van der Waals surface area (Å²) in [4.78, 5) is 2.28. The second-order valence-electron chi connectivity index (χ2n) is 6.62. The summed E-state index contributed by atoms with van der Waals surface area (Å²) in [6, 6.07) is 7.25. The van der Waals surface area contributed by atoms with Crippen LogP contribution in [0.5, 0.6) is 5.75 Å². The number of rotatable bonds is 15. The Balaban J connectivity index is 2.11. The third kappa shape index (κ3) is 11.1. The summed E-state index contributed by atoms with van der Waals surface area (Å²) in [5.74, 6) is 0.882. The normalized spacial score (nSPS) is 11.8. The monoisotopic (exact) mass is 382 g/mol. The molecule has 6 heteroatoms. The quantitative estimate of drug-likeness (QED) is 0.267. The average molecular weight is 383 g/mol. The number of hydrogen-bond acceptors (Lipinski definition) is 4. The molecule has 148 valence electrons. The molecule has 0 bridgehead atoms. The van der Waals surface area contributed by atoms with Gasteiger partial charge < -0.3 is 4.74 Å². The predicted octanol–water partition coefficient (Wildman–Crippen LogP) is 4.87. The summed E-state index contributed by atoms with van der Waals surface area (Å²) in [6.45, 7) is 2.23. The molecule has 0 radical (unpaired) electrons. The standard InChI is InChI=1S/C20H34N2O3S/c1-3-4-5-6-7-8-9-10-11-12-17-26(23,24)22-21-18-19-13-15-20(25-2)16-14-19/h13-16,18,22H,3-12,17H2,1-2H3. The van der Waals surface area contributed by atoms with E-state index < -0.39 is 10.0 Å². The zero-order valence-corrected chi connectivity index (χ0v) is 17.1. The lowest BCUT2D eigenvalue weighted by Crippen LogP contribution is -2.21.